The quantitative estimate of drug-likeness (QED) is 0.0978. The van der Waals surface area contributed by atoms with Crippen LogP contribution in [0.3, 0.4) is 0 Å². The molecule has 0 unspecified atom stereocenters. The third-order valence-corrected chi connectivity index (χ3v) is 13.3. The molecule has 10 heteroatoms. The maximum Gasteiger partial charge on any atom is 0.224 e. The number of aromatic nitrogens is 2. The van der Waals surface area contributed by atoms with Crippen molar-refractivity contribution in [1.29, 1.82) is 0 Å². The minimum atomic E-state index is -0.123. The highest BCUT2D eigenvalue weighted by atomic mass is 79.9. The molecule has 0 spiro atoms. The number of carbonyl (C=O) groups excluding carboxylic acids is 2. The topological polar surface area (TPSA) is 114 Å². The van der Waals surface area contributed by atoms with E-state index in [-0.39, 0.29) is 57.9 Å². The van der Waals surface area contributed by atoms with Gasteiger partial charge in [-0.15, -0.1) is 34.0 Å². The second-order valence-electron chi connectivity index (χ2n) is 17.4. The van der Waals surface area contributed by atoms with Crippen molar-refractivity contribution in [1.82, 2.24) is 20.6 Å². The summed E-state index contributed by atoms with van der Waals surface area (Å²) in [5.41, 5.74) is 18.8. The van der Waals surface area contributed by atoms with Crippen LogP contribution in [0.5, 0.6) is 0 Å². The molecular formula is C55H60Br2N6O2. The molecule has 8 rings (SSSR count). The molecule has 2 amide bonds. The molecule has 0 radical (unpaired) electrons. The van der Waals surface area contributed by atoms with Crippen molar-refractivity contribution in [2.24, 2.45) is 9.98 Å². The molecular weight excluding hydrogens is 936 g/mol. The summed E-state index contributed by atoms with van der Waals surface area (Å²) in [6, 6.07) is 28.8. The molecule has 336 valence electrons. The van der Waals surface area contributed by atoms with Gasteiger partial charge in [0.2, 0.25) is 11.8 Å². The summed E-state index contributed by atoms with van der Waals surface area (Å²) in [5, 5.41) is 11.1. The molecule has 4 aromatic carbocycles. The number of aryl methyl sites for hydroxylation is 2. The predicted octanol–water partition coefficient (Wildman–Crippen LogP) is 13.2. The van der Waals surface area contributed by atoms with Crippen molar-refractivity contribution in [2.75, 3.05) is 0 Å². The SMILES string of the molecule is Br.Br.CC1=N/C(=C\c2[nH]c(C)c(CC(=O)N[C@H](C)c3cccc4ccccc34)c2C)C(C)=C1CC1=C(C)/C(=C/c2[nH]c(C)c(CC(=O)N[C@H](C)c3cccc4ccccc34)c2C)N=C1C. The van der Waals surface area contributed by atoms with Crippen molar-refractivity contribution >= 4 is 90.9 Å². The summed E-state index contributed by atoms with van der Waals surface area (Å²) in [6.07, 6.45) is 5.55. The van der Waals surface area contributed by atoms with E-state index in [2.05, 4.69) is 123 Å². The molecule has 2 aliphatic heterocycles. The first kappa shape index (κ1) is 48.6. The number of fused-ring (bicyclic) bond motifs is 2. The van der Waals surface area contributed by atoms with E-state index in [1.807, 2.05) is 64.1 Å². The lowest BCUT2D eigenvalue weighted by Gasteiger charge is -2.17. The Bertz CT molecular complexity index is 2830. The van der Waals surface area contributed by atoms with Crippen LogP contribution in [-0.4, -0.2) is 33.2 Å². The van der Waals surface area contributed by atoms with Gasteiger partial charge in [-0.3, -0.25) is 19.6 Å². The highest BCUT2D eigenvalue weighted by Gasteiger charge is 2.26. The van der Waals surface area contributed by atoms with E-state index >= 15 is 0 Å². The number of carbonyl (C=O) groups is 2. The number of halogens is 2. The molecule has 8 nitrogen and oxygen atoms in total. The monoisotopic (exact) mass is 994 g/mol. The van der Waals surface area contributed by atoms with Crippen LogP contribution in [0.1, 0.15) is 116 Å². The highest BCUT2D eigenvalue weighted by Crippen LogP contribution is 2.37. The number of H-pyrrole nitrogens is 2. The minimum Gasteiger partial charge on any atom is -0.359 e. The van der Waals surface area contributed by atoms with E-state index in [1.54, 1.807) is 0 Å². The maximum absolute atomic E-state index is 13.4. The van der Waals surface area contributed by atoms with Gasteiger partial charge in [0.1, 0.15) is 0 Å². The number of rotatable bonds is 12. The largest absolute Gasteiger partial charge is 0.359 e. The average molecular weight is 997 g/mol. The van der Waals surface area contributed by atoms with E-state index in [4.69, 9.17) is 9.98 Å². The van der Waals surface area contributed by atoms with Gasteiger partial charge in [-0.05, 0) is 159 Å². The van der Waals surface area contributed by atoms with Crippen LogP contribution in [0.25, 0.3) is 33.7 Å². The molecule has 0 saturated carbocycles. The molecule has 6 aromatic rings. The summed E-state index contributed by atoms with van der Waals surface area (Å²) in [5.74, 6) is -0.0163. The summed E-state index contributed by atoms with van der Waals surface area (Å²) in [4.78, 5) is 44.1. The third-order valence-electron chi connectivity index (χ3n) is 13.3. The molecule has 65 heavy (non-hydrogen) atoms. The van der Waals surface area contributed by atoms with E-state index < -0.39 is 0 Å². The number of aliphatic imine (C=N–C) groups is 2. The van der Waals surface area contributed by atoms with Gasteiger partial charge in [0.25, 0.3) is 0 Å². The lowest BCUT2D eigenvalue weighted by Crippen LogP contribution is -2.28. The van der Waals surface area contributed by atoms with Crippen LogP contribution >= 0.6 is 34.0 Å². The second kappa shape index (κ2) is 20.1. The zero-order valence-electron chi connectivity index (χ0n) is 39.0. The fourth-order valence-electron chi connectivity index (χ4n) is 9.53. The van der Waals surface area contributed by atoms with Gasteiger partial charge >= 0.3 is 0 Å². The van der Waals surface area contributed by atoms with Gasteiger partial charge in [-0.2, -0.15) is 0 Å². The Morgan fingerprint density at radius 2 is 0.923 bits per heavy atom. The summed E-state index contributed by atoms with van der Waals surface area (Å²) in [6.45, 7) is 20.8. The van der Waals surface area contributed by atoms with E-state index in [9.17, 15) is 9.59 Å². The van der Waals surface area contributed by atoms with E-state index in [0.29, 0.717) is 12.8 Å². The van der Waals surface area contributed by atoms with Crippen LogP contribution in [-0.2, 0) is 22.4 Å². The van der Waals surface area contributed by atoms with Crippen molar-refractivity contribution in [3.8, 4) is 0 Å². The Morgan fingerprint density at radius 3 is 1.32 bits per heavy atom. The second-order valence-corrected chi connectivity index (χ2v) is 17.4. The normalized spacial score (nSPS) is 15.9. The Labute approximate surface area is 404 Å². The van der Waals surface area contributed by atoms with Crippen molar-refractivity contribution in [3.05, 3.63) is 175 Å². The zero-order valence-corrected chi connectivity index (χ0v) is 42.5. The standard InChI is InChI=1S/C55H58N6O2.2BrH/c1-30-46(36(7)56-50(30)28-52-32(3)48(38(9)58-52)26-54(62)60-34(5)42-23-15-19-40-17-11-13-21-44(40)42)25-47-31(2)51(57-37(47)8)29-53-33(4)49(39(10)59-53)27-55(63)61-35(6)43-24-16-20-41-18-12-14-22-45(41)43;;/h11-24,28-29,34-35,58-59H,25-27H2,1-10H3,(H,60,62)(H,61,63);2*1H/b50-28-,51-29-;;/t34-,35-;;/m1../s1. The highest BCUT2D eigenvalue weighted by molar-refractivity contribution is 8.93. The van der Waals surface area contributed by atoms with E-state index in [0.717, 1.165) is 107 Å². The van der Waals surface area contributed by atoms with Crippen LogP contribution < -0.4 is 10.6 Å². The van der Waals surface area contributed by atoms with Crippen molar-refractivity contribution in [3.63, 3.8) is 0 Å². The summed E-state index contributed by atoms with van der Waals surface area (Å²) >= 11 is 0. The number of aromatic amines is 2. The average Bonchev–Trinajstić information content (AvgIpc) is 3.88. The van der Waals surface area contributed by atoms with Gasteiger partial charge in [0.05, 0.1) is 36.3 Å². The van der Waals surface area contributed by atoms with Crippen molar-refractivity contribution < 1.29 is 9.59 Å². The molecule has 2 aromatic heterocycles. The lowest BCUT2D eigenvalue weighted by atomic mass is 9.93. The number of nitrogens with zero attached hydrogens (tertiary/aromatic N) is 2. The molecule has 0 aliphatic carbocycles. The summed E-state index contributed by atoms with van der Waals surface area (Å²) in [7, 11) is 0. The van der Waals surface area contributed by atoms with Gasteiger partial charge in [-0.1, -0.05) is 84.9 Å². The van der Waals surface area contributed by atoms with Gasteiger partial charge in [0.15, 0.2) is 0 Å². The zero-order chi connectivity index (χ0) is 44.7. The fraction of sp³-hybridized carbons (Fsp3) is 0.273. The van der Waals surface area contributed by atoms with Gasteiger partial charge in [0, 0.05) is 40.6 Å². The van der Waals surface area contributed by atoms with E-state index in [1.165, 1.54) is 21.9 Å². The number of hydrogen-bond acceptors (Lipinski definition) is 4. The number of hydrogen-bond donors (Lipinski definition) is 4. The fourth-order valence-corrected chi connectivity index (χ4v) is 9.53. The first-order chi connectivity index (χ1) is 30.2. The Kier molecular flexibility index (Phi) is 15.1. The minimum absolute atomic E-state index is 0. The molecule has 4 N–H and O–H groups in total. The van der Waals surface area contributed by atoms with Crippen LogP contribution in [0.4, 0.5) is 0 Å². The molecule has 0 bridgehead atoms. The summed E-state index contributed by atoms with van der Waals surface area (Å²) < 4.78 is 0. The smallest absolute Gasteiger partial charge is 0.224 e. The first-order valence-electron chi connectivity index (χ1n) is 22.0. The molecule has 0 saturated heterocycles. The number of benzene rings is 4. The van der Waals surface area contributed by atoms with Gasteiger partial charge < -0.3 is 20.6 Å². The lowest BCUT2D eigenvalue weighted by molar-refractivity contribution is -0.121. The Hall–Kier alpha value is -5.84. The number of amides is 2. The third kappa shape index (κ3) is 9.89. The van der Waals surface area contributed by atoms with Crippen LogP contribution in [0.2, 0.25) is 0 Å². The molecule has 0 fully saturated rings. The number of nitrogens with one attached hydrogen (secondary N) is 4. The molecule has 2 aliphatic rings. The first-order valence-corrected chi connectivity index (χ1v) is 22.0. The molecule has 2 atom stereocenters. The van der Waals surface area contributed by atoms with Crippen LogP contribution in [0, 0.1) is 27.7 Å². The maximum atomic E-state index is 13.4. The molecule has 4 heterocycles. The van der Waals surface area contributed by atoms with Gasteiger partial charge in [-0.25, -0.2) is 0 Å². The predicted molar refractivity (Wildman–Crippen MR) is 282 cm³/mol. The van der Waals surface area contributed by atoms with Crippen molar-refractivity contribution in [2.45, 2.75) is 101 Å². The Morgan fingerprint density at radius 1 is 0.554 bits per heavy atom. The van der Waals surface area contributed by atoms with Crippen LogP contribution in [0.15, 0.2) is 129 Å². The Balaban J connectivity index is 0.00000350. The number of allylic oxidation sites excluding steroid dienone is 4.